The van der Waals surface area contributed by atoms with Crippen molar-refractivity contribution in [3.63, 3.8) is 0 Å². The SMILES string of the molecule is CCc1cc(CS(=O)O)ncc1[N+](=O)[O-]. The smallest absolute Gasteiger partial charge is 0.290 e. The highest BCUT2D eigenvalue weighted by Crippen LogP contribution is 2.18. The van der Waals surface area contributed by atoms with Gasteiger partial charge in [-0.05, 0) is 12.5 Å². The van der Waals surface area contributed by atoms with Crippen molar-refractivity contribution in [3.8, 4) is 0 Å². The third-order valence-electron chi connectivity index (χ3n) is 1.87. The molecule has 1 aromatic rings. The summed E-state index contributed by atoms with van der Waals surface area (Å²) >= 11 is -1.98. The molecule has 1 aromatic heterocycles. The van der Waals surface area contributed by atoms with E-state index >= 15 is 0 Å². The fourth-order valence-electron chi connectivity index (χ4n) is 1.19. The first kappa shape index (κ1) is 11.7. The molecular weight excluding hydrogens is 220 g/mol. The molecule has 1 atom stereocenters. The summed E-state index contributed by atoms with van der Waals surface area (Å²) in [4.78, 5) is 13.8. The number of hydrogen-bond donors (Lipinski definition) is 1. The van der Waals surface area contributed by atoms with Crippen LogP contribution < -0.4 is 0 Å². The second kappa shape index (κ2) is 4.94. The molecule has 15 heavy (non-hydrogen) atoms. The monoisotopic (exact) mass is 230 g/mol. The van der Waals surface area contributed by atoms with E-state index in [4.69, 9.17) is 4.55 Å². The van der Waals surface area contributed by atoms with Gasteiger partial charge >= 0.3 is 0 Å². The van der Waals surface area contributed by atoms with Gasteiger partial charge in [-0.25, -0.2) is 4.21 Å². The Balaban J connectivity index is 3.07. The Morgan fingerprint density at radius 1 is 1.67 bits per heavy atom. The van der Waals surface area contributed by atoms with E-state index < -0.39 is 16.0 Å². The summed E-state index contributed by atoms with van der Waals surface area (Å²) in [5, 5.41) is 10.6. The third-order valence-corrected chi connectivity index (χ3v) is 2.41. The number of hydrogen-bond acceptors (Lipinski definition) is 4. The van der Waals surface area contributed by atoms with Crippen LogP contribution in [0.4, 0.5) is 5.69 Å². The largest absolute Gasteiger partial charge is 0.306 e. The van der Waals surface area contributed by atoms with E-state index in [1.807, 2.05) is 0 Å². The molecule has 1 heterocycles. The first-order valence-electron chi connectivity index (χ1n) is 4.24. The van der Waals surface area contributed by atoms with Crippen LogP contribution in [0.1, 0.15) is 18.2 Å². The van der Waals surface area contributed by atoms with Gasteiger partial charge in [0.05, 0.1) is 16.4 Å². The number of rotatable bonds is 4. The van der Waals surface area contributed by atoms with Crippen LogP contribution in [0.5, 0.6) is 0 Å². The summed E-state index contributed by atoms with van der Waals surface area (Å²) in [7, 11) is 0. The van der Waals surface area contributed by atoms with Crippen molar-refractivity contribution in [2.75, 3.05) is 0 Å². The molecule has 0 fully saturated rings. The van der Waals surface area contributed by atoms with Crippen LogP contribution in [0, 0.1) is 10.1 Å². The molecule has 6 nitrogen and oxygen atoms in total. The number of nitrogens with zero attached hydrogens (tertiary/aromatic N) is 2. The van der Waals surface area contributed by atoms with Crippen molar-refractivity contribution < 1.29 is 13.7 Å². The molecule has 0 aliphatic heterocycles. The van der Waals surface area contributed by atoms with Crippen molar-refractivity contribution in [2.24, 2.45) is 0 Å². The van der Waals surface area contributed by atoms with Crippen molar-refractivity contribution in [1.82, 2.24) is 4.98 Å². The molecule has 0 aromatic carbocycles. The summed E-state index contributed by atoms with van der Waals surface area (Å²) in [5.41, 5.74) is 0.860. The average molecular weight is 230 g/mol. The molecule has 1 rings (SSSR count). The van der Waals surface area contributed by atoms with Gasteiger partial charge in [-0.2, -0.15) is 0 Å². The molecule has 0 aliphatic carbocycles. The van der Waals surface area contributed by atoms with Gasteiger partial charge in [0.1, 0.15) is 6.20 Å². The first-order valence-corrected chi connectivity index (χ1v) is 5.51. The molecule has 1 N–H and O–H groups in total. The molecule has 0 bridgehead atoms. The van der Waals surface area contributed by atoms with E-state index in [0.29, 0.717) is 17.7 Å². The van der Waals surface area contributed by atoms with E-state index in [2.05, 4.69) is 4.98 Å². The van der Waals surface area contributed by atoms with Gasteiger partial charge < -0.3 is 4.55 Å². The second-order valence-electron chi connectivity index (χ2n) is 2.88. The van der Waals surface area contributed by atoms with Crippen LogP contribution in [0.25, 0.3) is 0 Å². The van der Waals surface area contributed by atoms with Crippen LogP contribution in [-0.2, 0) is 23.3 Å². The van der Waals surface area contributed by atoms with Gasteiger partial charge in [0.15, 0.2) is 11.1 Å². The Morgan fingerprint density at radius 2 is 2.33 bits per heavy atom. The first-order chi connectivity index (χ1) is 7.04. The standard InChI is InChI=1S/C8H10N2O4S/c1-2-6-3-7(5-15(13)14)9-4-8(6)10(11)12/h3-4H,2,5H2,1H3,(H,13,14). The Kier molecular flexibility index (Phi) is 3.87. The lowest BCUT2D eigenvalue weighted by atomic mass is 10.1. The fraction of sp³-hybridized carbons (Fsp3) is 0.375. The summed E-state index contributed by atoms with van der Waals surface area (Å²) in [6.45, 7) is 1.78. The highest BCUT2D eigenvalue weighted by Gasteiger charge is 2.14. The molecule has 0 aliphatic rings. The highest BCUT2D eigenvalue weighted by molar-refractivity contribution is 7.78. The minimum absolute atomic E-state index is 0.0510. The van der Waals surface area contributed by atoms with Gasteiger partial charge in [0, 0.05) is 5.56 Å². The van der Waals surface area contributed by atoms with Crippen LogP contribution in [0.3, 0.4) is 0 Å². The number of pyridine rings is 1. The minimum Gasteiger partial charge on any atom is -0.306 e. The number of aromatic nitrogens is 1. The maximum atomic E-state index is 10.6. The van der Waals surface area contributed by atoms with Crippen molar-refractivity contribution >= 4 is 16.8 Å². The van der Waals surface area contributed by atoms with Gasteiger partial charge in [0.25, 0.3) is 5.69 Å². The van der Waals surface area contributed by atoms with Gasteiger partial charge in [-0.1, -0.05) is 6.92 Å². The van der Waals surface area contributed by atoms with E-state index in [-0.39, 0.29) is 11.4 Å². The van der Waals surface area contributed by atoms with Crippen molar-refractivity contribution in [1.29, 1.82) is 0 Å². The predicted octanol–water partition coefficient (Wildman–Crippen LogP) is 1.27. The average Bonchev–Trinajstić information content (AvgIpc) is 2.16. The molecule has 7 heteroatoms. The fourth-order valence-corrected chi connectivity index (χ4v) is 1.60. The molecule has 0 spiro atoms. The lowest BCUT2D eigenvalue weighted by Gasteiger charge is -2.01. The molecule has 82 valence electrons. The Morgan fingerprint density at radius 3 is 2.80 bits per heavy atom. The maximum absolute atomic E-state index is 10.6. The van der Waals surface area contributed by atoms with Crippen molar-refractivity contribution in [2.45, 2.75) is 19.1 Å². The second-order valence-corrected chi connectivity index (χ2v) is 3.81. The van der Waals surface area contributed by atoms with Crippen LogP contribution in [0.2, 0.25) is 0 Å². The lowest BCUT2D eigenvalue weighted by Crippen LogP contribution is -2.01. The van der Waals surface area contributed by atoms with E-state index in [1.165, 1.54) is 6.07 Å². The quantitative estimate of drug-likeness (QED) is 0.477. The highest BCUT2D eigenvalue weighted by atomic mass is 32.2. The summed E-state index contributed by atoms with van der Waals surface area (Å²) in [6.07, 6.45) is 1.62. The van der Waals surface area contributed by atoms with Crippen molar-refractivity contribution in [3.05, 3.63) is 33.6 Å². The van der Waals surface area contributed by atoms with Crippen LogP contribution >= 0.6 is 0 Å². The van der Waals surface area contributed by atoms with E-state index in [9.17, 15) is 14.3 Å². The number of nitro groups is 1. The Labute approximate surface area is 88.8 Å². The van der Waals surface area contributed by atoms with Crippen LogP contribution in [-0.4, -0.2) is 18.7 Å². The van der Waals surface area contributed by atoms with Crippen LogP contribution in [0.15, 0.2) is 12.3 Å². The molecule has 0 radical (unpaired) electrons. The molecule has 1 unspecified atom stereocenters. The molecule has 0 saturated carbocycles. The topological polar surface area (TPSA) is 93.3 Å². The van der Waals surface area contributed by atoms with Gasteiger partial charge in [0.2, 0.25) is 0 Å². The maximum Gasteiger partial charge on any atom is 0.290 e. The normalized spacial score (nSPS) is 12.4. The van der Waals surface area contributed by atoms with Gasteiger partial charge in [-0.3, -0.25) is 15.1 Å². The Hall–Kier alpha value is -1.34. The zero-order chi connectivity index (χ0) is 11.4. The number of aryl methyl sites for hydroxylation is 1. The predicted molar refractivity (Wildman–Crippen MR) is 54.7 cm³/mol. The minimum atomic E-state index is -1.98. The summed E-state index contributed by atoms with van der Waals surface area (Å²) in [6, 6.07) is 1.49. The zero-order valence-corrected chi connectivity index (χ0v) is 8.86. The molecular formula is C8H10N2O4S. The van der Waals surface area contributed by atoms with E-state index in [0.717, 1.165) is 6.20 Å². The van der Waals surface area contributed by atoms with E-state index in [1.54, 1.807) is 6.92 Å². The summed E-state index contributed by atoms with van der Waals surface area (Å²) < 4.78 is 19.2. The Bertz CT molecular complexity index is 408. The molecule has 0 amide bonds. The van der Waals surface area contributed by atoms with Gasteiger partial charge in [-0.15, -0.1) is 0 Å². The molecule has 0 saturated heterocycles. The summed E-state index contributed by atoms with van der Waals surface area (Å²) in [5.74, 6) is -0.106. The third kappa shape index (κ3) is 3.07. The lowest BCUT2D eigenvalue weighted by molar-refractivity contribution is -0.385. The zero-order valence-electron chi connectivity index (χ0n) is 8.04.